The van der Waals surface area contributed by atoms with E-state index in [1.807, 2.05) is 6.07 Å². The third-order valence-corrected chi connectivity index (χ3v) is 3.26. The number of carbonyl (C=O) groups is 1. The number of carbonyl (C=O) groups excluding carboxylic acids is 1. The van der Waals surface area contributed by atoms with Gasteiger partial charge in [0, 0.05) is 11.1 Å². The number of rotatable bonds is 2. The highest BCUT2D eigenvalue weighted by Gasteiger charge is 2.18. The third kappa shape index (κ3) is 3.59. The lowest BCUT2D eigenvalue weighted by molar-refractivity contribution is 0.189. The summed E-state index contributed by atoms with van der Waals surface area (Å²) in [6, 6.07) is 5.12. The van der Waals surface area contributed by atoms with E-state index in [0.29, 0.717) is 23.9 Å². The summed E-state index contributed by atoms with van der Waals surface area (Å²) in [4.78, 5) is 11.7. The number of hydrogen-bond acceptors (Lipinski definition) is 2. The number of nitrogens with one attached hydrogen (secondary N) is 2. The van der Waals surface area contributed by atoms with Gasteiger partial charge < -0.3 is 15.4 Å². The fourth-order valence-electron chi connectivity index (χ4n) is 1.59. The number of anilines is 1. The molecule has 4 nitrogen and oxygen atoms in total. The SMILES string of the molecule is O=C(Nc1cc(Br)ccc1Cl)NC1CCOC1. The maximum Gasteiger partial charge on any atom is 0.319 e. The molecule has 2 N–H and O–H groups in total. The topological polar surface area (TPSA) is 50.4 Å². The van der Waals surface area contributed by atoms with Gasteiger partial charge in [-0.1, -0.05) is 27.5 Å². The van der Waals surface area contributed by atoms with Crippen LogP contribution in [0.3, 0.4) is 0 Å². The van der Waals surface area contributed by atoms with Gasteiger partial charge in [-0.15, -0.1) is 0 Å². The van der Waals surface area contributed by atoms with Crippen LogP contribution in [0.1, 0.15) is 6.42 Å². The van der Waals surface area contributed by atoms with Crippen molar-refractivity contribution in [1.82, 2.24) is 5.32 Å². The predicted octanol–water partition coefficient (Wildman–Crippen LogP) is 3.01. The van der Waals surface area contributed by atoms with Gasteiger partial charge in [0.25, 0.3) is 0 Å². The molecule has 0 spiro atoms. The van der Waals surface area contributed by atoms with Crippen LogP contribution in [0.4, 0.5) is 10.5 Å². The lowest BCUT2D eigenvalue weighted by atomic mass is 10.3. The molecule has 6 heteroatoms. The van der Waals surface area contributed by atoms with Crippen molar-refractivity contribution in [3.8, 4) is 0 Å². The summed E-state index contributed by atoms with van der Waals surface area (Å²) in [6.07, 6.45) is 0.847. The lowest BCUT2D eigenvalue weighted by Gasteiger charge is -2.12. The monoisotopic (exact) mass is 318 g/mol. The first kappa shape index (κ1) is 12.7. The van der Waals surface area contributed by atoms with Crippen LogP contribution in [-0.2, 0) is 4.74 Å². The Kier molecular flexibility index (Phi) is 4.25. The van der Waals surface area contributed by atoms with Gasteiger partial charge in [-0.3, -0.25) is 0 Å². The number of ether oxygens (including phenoxy) is 1. The van der Waals surface area contributed by atoms with E-state index in [-0.39, 0.29) is 12.1 Å². The Morgan fingerprint density at radius 2 is 2.35 bits per heavy atom. The third-order valence-electron chi connectivity index (χ3n) is 2.44. The Morgan fingerprint density at radius 3 is 3.06 bits per heavy atom. The average Bonchev–Trinajstić information content (AvgIpc) is 2.76. The summed E-state index contributed by atoms with van der Waals surface area (Å²) in [5.41, 5.74) is 0.581. The number of halogens is 2. The highest BCUT2D eigenvalue weighted by molar-refractivity contribution is 9.10. The molecule has 1 aliphatic rings. The number of hydrogen-bond donors (Lipinski definition) is 2. The van der Waals surface area contributed by atoms with Gasteiger partial charge in [-0.25, -0.2) is 4.79 Å². The minimum atomic E-state index is -0.263. The normalized spacial score (nSPS) is 19.1. The number of urea groups is 1. The van der Waals surface area contributed by atoms with Crippen molar-refractivity contribution < 1.29 is 9.53 Å². The minimum absolute atomic E-state index is 0.0842. The summed E-state index contributed by atoms with van der Waals surface area (Å²) in [7, 11) is 0. The zero-order valence-electron chi connectivity index (χ0n) is 9.00. The Labute approximate surface area is 113 Å². The van der Waals surface area contributed by atoms with Gasteiger partial charge in [0.1, 0.15) is 0 Å². The summed E-state index contributed by atoms with van der Waals surface area (Å²) in [5.74, 6) is 0. The molecule has 92 valence electrons. The van der Waals surface area contributed by atoms with E-state index in [1.54, 1.807) is 12.1 Å². The molecule has 1 aromatic rings. The fraction of sp³-hybridized carbons (Fsp3) is 0.364. The van der Waals surface area contributed by atoms with E-state index < -0.39 is 0 Å². The summed E-state index contributed by atoms with van der Waals surface area (Å²) >= 11 is 9.29. The Bertz CT molecular complexity index is 422. The van der Waals surface area contributed by atoms with Crippen LogP contribution >= 0.6 is 27.5 Å². The molecule has 0 aromatic heterocycles. The second kappa shape index (κ2) is 5.71. The van der Waals surface area contributed by atoms with Crippen molar-refractivity contribution in [2.75, 3.05) is 18.5 Å². The predicted molar refractivity (Wildman–Crippen MR) is 70.5 cm³/mol. The zero-order valence-corrected chi connectivity index (χ0v) is 11.3. The molecule has 1 saturated heterocycles. The molecule has 1 unspecified atom stereocenters. The summed E-state index contributed by atoms with van der Waals surface area (Å²) in [5, 5.41) is 6.04. The van der Waals surface area contributed by atoms with E-state index in [4.69, 9.17) is 16.3 Å². The second-order valence-electron chi connectivity index (χ2n) is 3.78. The molecule has 2 amide bonds. The second-order valence-corrected chi connectivity index (χ2v) is 5.11. The standard InChI is InChI=1S/C11H12BrClN2O2/c12-7-1-2-9(13)10(5-7)15-11(16)14-8-3-4-17-6-8/h1-2,5,8H,3-4,6H2,(H2,14,15,16). The van der Waals surface area contributed by atoms with Crippen LogP contribution < -0.4 is 10.6 Å². The first-order chi connectivity index (χ1) is 8.15. The molecule has 2 rings (SSSR count). The lowest BCUT2D eigenvalue weighted by Crippen LogP contribution is -2.38. The minimum Gasteiger partial charge on any atom is -0.379 e. The van der Waals surface area contributed by atoms with Crippen LogP contribution in [0.2, 0.25) is 5.02 Å². The van der Waals surface area contributed by atoms with Crippen LogP contribution in [0.15, 0.2) is 22.7 Å². The van der Waals surface area contributed by atoms with Gasteiger partial charge >= 0.3 is 6.03 Å². The van der Waals surface area contributed by atoms with E-state index in [0.717, 1.165) is 10.9 Å². The first-order valence-electron chi connectivity index (χ1n) is 5.25. The van der Waals surface area contributed by atoms with E-state index in [1.165, 1.54) is 0 Å². The number of amides is 2. The first-order valence-corrected chi connectivity index (χ1v) is 6.42. The van der Waals surface area contributed by atoms with Gasteiger partial charge in [-0.05, 0) is 24.6 Å². The molecule has 0 radical (unpaired) electrons. The van der Waals surface area contributed by atoms with Crippen LogP contribution in [0.5, 0.6) is 0 Å². The quantitative estimate of drug-likeness (QED) is 0.880. The Balaban J connectivity index is 1.95. The average molecular weight is 320 g/mol. The Hall–Kier alpha value is -0.780. The molecule has 1 aromatic carbocycles. The van der Waals surface area contributed by atoms with Crippen molar-refractivity contribution in [3.63, 3.8) is 0 Å². The smallest absolute Gasteiger partial charge is 0.319 e. The van der Waals surface area contributed by atoms with Crippen LogP contribution in [-0.4, -0.2) is 25.3 Å². The maximum absolute atomic E-state index is 11.7. The molecular formula is C11H12BrClN2O2. The highest BCUT2D eigenvalue weighted by Crippen LogP contribution is 2.25. The Morgan fingerprint density at radius 1 is 1.53 bits per heavy atom. The van der Waals surface area contributed by atoms with Crippen molar-refractivity contribution >= 4 is 39.2 Å². The molecule has 1 aliphatic heterocycles. The van der Waals surface area contributed by atoms with Gasteiger partial charge in [0.15, 0.2) is 0 Å². The summed E-state index contributed by atoms with van der Waals surface area (Å²) < 4.78 is 6.04. The molecular weight excluding hydrogens is 307 g/mol. The largest absolute Gasteiger partial charge is 0.379 e. The summed E-state index contributed by atoms with van der Waals surface area (Å²) in [6.45, 7) is 1.27. The van der Waals surface area contributed by atoms with Crippen molar-refractivity contribution in [2.24, 2.45) is 0 Å². The molecule has 0 aliphatic carbocycles. The van der Waals surface area contributed by atoms with Crippen LogP contribution in [0.25, 0.3) is 0 Å². The number of benzene rings is 1. The van der Waals surface area contributed by atoms with E-state index >= 15 is 0 Å². The molecule has 1 fully saturated rings. The van der Waals surface area contributed by atoms with Gasteiger partial charge in [-0.2, -0.15) is 0 Å². The molecule has 17 heavy (non-hydrogen) atoms. The zero-order chi connectivity index (χ0) is 12.3. The fourth-order valence-corrected chi connectivity index (χ4v) is 2.11. The highest BCUT2D eigenvalue weighted by atomic mass is 79.9. The van der Waals surface area contributed by atoms with Gasteiger partial charge in [0.2, 0.25) is 0 Å². The molecule has 1 atom stereocenters. The molecule has 0 bridgehead atoms. The van der Waals surface area contributed by atoms with E-state index in [9.17, 15) is 4.79 Å². The maximum atomic E-state index is 11.7. The van der Waals surface area contributed by atoms with Crippen molar-refractivity contribution in [2.45, 2.75) is 12.5 Å². The van der Waals surface area contributed by atoms with Gasteiger partial charge in [0.05, 0.1) is 23.4 Å². The van der Waals surface area contributed by atoms with Crippen molar-refractivity contribution in [3.05, 3.63) is 27.7 Å². The van der Waals surface area contributed by atoms with E-state index in [2.05, 4.69) is 26.6 Å². The molecule has 1 heterocycles. The van der Waals surface area contributed by atoms with Crippen molar-refractivity contribution in [1.29, 1.82) is 0 Å². The molecule has 0 saturated carbocycles. The van der Waals surface area contributed by atoms with Crippen LogP contribution in [0, 0.1) is 0 Å².